The van der Waals surface area contributed by atoms with Gasteiger partial charge in [-0.3, -0.25) is 14.6 Å². The van der Waals surface area contributed by atoms with Crippen LogP contribution in [0, 0.1) is 11.3 Å². The number of nitrogens with one attached hydrogen (secondary N) is 2. The highest BCUT2D eigenvalue weighted by Crippen LogP contribution is 2.21. The maximum Gasteiger partial charge on any atom is 0.274 e. The standard InChI is InChI=1S/C25H27BrN6O2Si/c1-35(2,17-26)11-10-34-25(29-24(33)23-21-8-3-4-9-22(21)30-31-23)20-14-28-32(16-20)15-19-7-5-6-18(12-19)13-27/h3-9,12,14,16,25H,10-11,15,17H2,1-2H3,(H,29,33)(H,30,31). The number of halogens is 1. The molecule has 0 radical (unpaired) electrons. The fourth-order valence-corrected chi connectivity index (χ4v) is 5.24. The van der Waals surface area contributed by atoms with E-state index in [1.165, 1.54) is 0 Å². The summed E-state index contributed by atoms with van der Waals surface area (Å²) in [7, 11) is -1.41. The lowest BCUT2D eigenvalue weighted by atomic mass is 10.1. The van der Waals surface area contributed by atoms with Crippen molar-refractivity contribution in [3.63, 3.8) is 0 Å². The van der Waals surface area contributed by atoms with Crippen LogP contribution in [0.3, 0.4) is 0 Å². The Morgan fingerprint density at radius 3 is 2.91 bits per heavy atom. The van der Waals surface area contributed by atoms with E-state index >= 15 is 0 Å². The van der Waals surface area contributed by atoms with Crippen molar-refractivity contribution in [1.29, 1.82) is 5.26 Å². The van der Waals surface area contributed by atoms with E-state index in [-0.39, 0.29) is 5.91 Å². The number of alkyl halides is 1. The molecule has 2 aromatic heterocycles. The monoisotopic (exact) mass is 550 g/mol. The highest BCUT2D eigenvalue weighted by Gasteiger charge is 2.24. The number of benzene rings is 2. The minimum absolute atomic E-state index is 0.320. The molecule has 0 bridgehead atoms. The molecule has 35 heavy (non-hydrogen) atoms. The molecule has 1 unspecified atom stereocenters. The summed E-state index contributed by atoms with van der Waals surface area (Å²) in [6.45, 7) is 5.61. The number of aromatic nitrogens is 4. The second-order valence-corrected chi connectivity index (χ2v) is 16.0. The van der Waals surface area contributed by atoms with Gasteiger partial charge in [0, 0.05) is 23.8 Å². The van der Waals surface area contributed by atoms with Crippen molar-refractivity contribution < 1.29 is 9.53 Å². The van der Waals surface area contributed by atoms with Gasteiger partial charge < -0.3 is 10.1 Å². The van der Waals surface area contributed by atoms with Crippen molar-refractivity contribution in [2.75, 3.05) is 11.6 Å². The number of para-hydroxylation sites is 1. The van der Waals surface area contributed by atoms with Crippen LogP contribution in [0.15, 0.2) is 60.9 Å². The van der Waals surface area contributed by atoms with Crippen molar-refractivity contribution in [3.8, 4) is 6.07 Å². The topological polar surface area (TPSA) is 109 Å². The van der Waals surface area contributed by atoms with Gasteiger partial charge in [-0.25, -0.2) is 0 Å². The fraction of sp³-hybridized carbons (Fsp3) is 0.280. The van der Waals surface area contributed by atoms with E-state index in [0.29, 0.717) is 24.4 Å². The third-order valence-corrected chi connectivity index (χ3v) is 12.6. The number of nitriles is 1. The average molecular weight is 552 g/mol. The Morgan fingerprint density at radius 1 is 1.29 bits per heavy atom. The first-order valence-electron chi connectivity index (χ1n) is 11.3. The molecule has 4 aromatic rings. The number of nitrogens with zero attached hydrogens (tertiary/aromatic N) is 4. The molecule has 10 heteroatoms. The molecule has 2 heterocycles. The van der Waals surface area contributed by atoms with Crippen molar-refractivity contribution in [1.82, 2.24) is 25.3 Å². The molecule has 0 aliphatic rings. The van der Waals surface area contributed by atoms with E-state index in [9.17, 15) is 4.79 Å². The van der Waals surface area contributed by atoms with Gasteiger partial charge in [-0.1, -0.05) is 59.4 Å². The van der Waals surface area contributed by atoms with Gasteiger partial charge in [0.2, 0.25) is 0 Å². The lowest BCUT2D eigenvalue weighted by Gasteiger charge is -2.22. The van der Waals surface area contributed by atoms with Crippen LogP contribution < -0.4 is 5.32 Å². The van der Waals surface area contributed by atoms with Gasteiger partial charge >= 0.3 is 0 Å². The van der Waals surface area contributed by atoms with Gasteiger partial charge in [-0.05, 0) is 34.8 Å². The van der Waals surface area contributed by atoms with Crippen LogP contribution in [0.5, 0.6) is 0 Å². The predicted octanol–water partition coefficient (Wildman–Crippen LogP) is 4.77. The Bertz CT molecular complexity index is 1360. The smallest absolute Gasteiger partial charge is 0.274 e. The molecular weight excluding hydrogens is 524 g/mol. The number of rotatable bonds is 10. The molecule has 0 aliphatic heterocycles. The molecule has 0 spiro atoms. The number of hydrogen-bond donors (Lipinski definition) is 2. The van der Waals surface area contributed by atoms with Gasteiger partial charge in [0.15, 0.2) is 11.9 Å². The van der Waals surface area contributed by atoms with Gasteiger partial charge in [-0.2, -0.15) is 15.5 Å². The van der Waals surface area contributed by atoms with Crippen LogP contribution in [0.1, 0.15) is 33.4 Å². The van der Waals surface area contributed by atoms with Crippen LogP contribution in [-0.4, -0.2) is 45.5 Å². The summed E-state index contributed by atoms with van der Waals surface area (Å²) in [5, 5.41) is 24.5. The SMILES string of the molecule is C[Si](C)(CBr)CCOC(NC(=O)c1n[nH]c2ccccc12)c1cnn(Cc2cccc(C#N)c2)c1. The second kappa shape index (κ2) is 11.0. The van der Waals surface area contributed by atoms with E-state index in [0.717, 1.165) is 33.0 Å². The lowest BCUT2D eigenvalue weighted by Crippen LogP contribution is -2.34. The number of amides is 1. The zero-order valence-corrected chi connectivity index (χ0v) is 22.2. The molecule has 0 fully saturated rings. The van der Waals surface area contributed by atoms with Crippen molar-refractivity contribution in [2.24, 2.45) is 0 Å². The second-order valence-electron chi connectivity index (χ2n) is 9.17. The zero-order valence-electron chi connectivity index (χ0n) is 19.7. The number of H-pyrrole nitrogens is 1. The molecule has 1 atom stereocenters. The first kappa shape index (κ1) is 24.8. The summed E-state index contributed by atoms with van der Waals surface area (Å²) >= 11 is 3.61. The number of hydrogen-bond acceptors (Lipinski definition) is 5. The highest BCUT2D eigenvalue weighted by atomic mass is 79.9. The van der Waals surface area contributed by atoms with Crippen LogP contribution in [-0.2, 0) is 11.3 Å². The van der Waals surface area contributed by atoms with E-state index < -0.39 is 14.3 Å². The summed E-state index contributed by atoms with van der Waals surface area (Å²) in [4.78, 5) is 14.1. The molecular formula is C25H27BrN6O2Si. The minimum atomic E-state index is -1.41. The van der Waals surface area contributed by atoms with Gasteiger partial charge in [0.05, 0.1) is 38.0 Å². The summed E-state index contributed by atoms with van der Waals surface area (Å²) < 4.78 is 7.97. The number of carbonyl (C=O) groups excluding carboxylic acids is 1. The zero-order chi connectivity index (χ0) is 24.8. The van der Waals surface area contributed by atoms with Crippen LogP contribution in [0.4, 0.5) is 0 Å². The minimum Gasteiger partial charge on any atom is -0.354 e. The first-order chi connectivity index (χ1) is 16.9. The van der Waals surface area contributed by atoms with Gasteiger partial charge in [0.25, 0.3) is 5.91 Å². The van der Waals surface area contributed by atoms with E-state index in [4.69, 9.17) is 10.00 Å². The third kappa shape index (κ3) is 6.25. The molecule has 0 saturated carbocycles. The molecule has 180 valence electrons. The maximum absolute atomic E-state index is 13.2. The third-order valence-electron chi connectivity index (χ3n) is 5.73. The molecule has 8 nitrogen and oxygen atoms in total. The highest BCUT2D eigenvalue weighted by molar-refractivity contribution is 9.09. The molecule has 2 aromatic carbocycles. The van der Waals surface area contributed by atoms with Crippen LogP contribution >= 0.6 is 15.9 Å². The number of carbonyl (C=O) groups is 1. The summed E-state index contributed by atoms with van der Waals surface area (Å²) in [5.41, 5.74) is 3.44. The van der Waals surface area contributed by atoms with Crippen molar-refractivity contribution in [3.05, 3.63) is 83.3 Å². The molecule has 0 saturated heterocycles. The summed E-state index contributed by atoms with van der Waals surface area (Å²) in [6.07, 6.45) is 2.89. The van der Waals surface area contributed by atoms with Crippen molar-refractivity contribution in [2.45, 2.75) is 31.9 Å². The normalized spacial score (nSPS) is 12.4. The molecule has 2 N–H and O–H groups in total. The fourth-order valence-electron chi connectivity index (χ4n) is 3.59. The number of fused-ring (bicyclic) bond motifs is 1. The van der Waals surface area contributed by atoms with Crippen molar-refractivity contribution >= 4 is 40.8 Å². The van der Waals surface area contributed by atoms with E-state index in [2.05, 4.69) is 55.7 Å². The van der Waals surface area contributed by atoms with E-state index in [1.807, 2.05) is 48.7 Å². The average Bonchev–Trinajstić information content (AvgIpc) is 3.51. The summed E-state index contributed by atoms with van der Waals surface area (Å²) in [5.74, 6) is -0.320. The Morgan fingerprint density at radius 2 is 2.11 bits per heavy atom. The molecule has 0 aliphatic carbocycles. The largest absolute Gasteiger partial charge is 0.354 e. The first-order valence-corrected chi connectivity index (χ1v) is 15.8. The Hall–Kier alpha value is -3.26. The van der Waals surface area contributed by atoms with Gasteiger partial charge in [-0.15, -0.1) is 0 Å². The quantitative estimate of drug-likeness (QED) is 0.168. The molecule has 1 amide bonds. The van der Waals surface area contributed by atoms with Crippen LogP contribution in [0.2, 0.25) is 19.1 Å². The summed E-state index contributed by atoms with van der Waals surface area (Å²) in [6, 6.07) is 18.0. The number of aromatic amines is 1. The Labute approximate surface area is 213 Å². The van der Waals surface area contributed by atoms with E-state index in [1.54, 1.807) is 16.9 Å². The maximum atomic E-state index is 13.2. The molecule has 4 rings (SSSR count). The Balaban J connectivity index is 1.53. The van der Waals surface area contributed by atoms with Crippen LogP contribution in [0.25, 0.3) is 10.9 Å². The predicted molar refractivity (Wildman–Crippen MR) is 141 cm³/mol. The Kier molecular flexibility index (Phi) is 7.80. The van der Waals surface area contributed by atoms with Gasteiger partial charge in [0.1, 0.15) is 0 Å². The number of ether oxygens (including phenoxy) is 1. The lowest BCUT2D eigenvalue weighted by molar-refractivity contribution is 0.0331.